The maximum absolute atomic E-state index is 12.7. The number of benzene rings is 1. The normalized spacial score (nSPS) is 23.5. The van der Waals surface area contributed by atoms with Crippen molar-refractivity contribution in [1.82, 2.24) is 10.3 Å². The van der Waals surface area contributed by atoms with Crippen molar-refractivity contribution in [2.75, 3.05) is 39.3 Å². The molecule has 4 N–H and O–H groups in total. The van der Waals surface area contributed by atoms with Crippen LogP contribution in [0.2, 0.25) is 0 Å². The summed E-state index contributed by atoms with van der Waals surface area (Å²) in [6.45, 7) is 4.90. The molecule has 2 aromatic rings. The van der Waals surface area contributed by atoms with Crippen molar-refractivity contribution in [2.45, 2.75) is 18.9 Å². The minimum absolute atomic E-state index is 0.177. The fourth-order valence-corrected chi connectivity index (χ4v) is 3.67. The number of piperazine rings is 1. The molecule has 1 aromatic heterocycles. The molecule has 1 saturated heterocycles. The number of carbonyl (C=O) groups excluding carboxylic acids is 2. The number of carbonyl (C=O) groups is 2. The van der Waals surface area contributed by atoms with E-state index in [0.29, 0.717) is 19.1 Å². The van der Waals surface area contributed by atoms with Crippen molar-refractivity contribution in [1.29, 1.82) is 0 Å². The Morgan fingerprint density at radius 3 is 2.44 bits per heavy atom. The van der Waals surface area contributed by atoms with E-state index in [1.165, 1.54) is 9.80 Å². The molecule has 6 nitrogen and oxygen atoms in total. The van der Waals surface area contributed by atoms with Gasteiger partial charge < -0.3 is 20.1 Å². The van der Waals surface area contributed by atoms with Crippen molar-refractivity contribution in [3.8, 4) is 0 Å². The Bertz CT molecular complexity index is 773. The van der Waals surface area contributed by atoms with Gasteiger partial charge in [0.25, 0.3) is 5.91 Å². The maximum atomic E-state index is 12.7. The number of H-pyrrole nitrogens is 1. The third-order valence-electron chi connectivity index (χ3n) is 5.32. The lowest BCUT2D eigenvalue weighted by atomic mass is 10.1. The van der Waals surface area contributed by atoms with E-state index in [2.05, 4.69) is 10.3 Å². The number of para-hydroxylation sites is 1. The number of hydrogen-bond donors (Lipinski definition) is 4. The predicted molar refractivity (Wildman–Crippen MR) is 94.9 cm³/mol. The van der Waals surface area contributed by atoms with Gasteiger partial charge in [0, 0.05) is 28.7 Å². The van der Waals surface area contributed by atoms with Crippen molar-refractivity contribution in [2.24, 2.45) is 0 Å². The molecule has 2 aliphatic rings. The van der Waals surface area contributed by atoms with Gasteiger partial charge in [-0.05, 0) is 18.9 Å². The first-order chi connectivity index (χ1) is 12.2. The second-order valence-electron chi connectivity index (χ2n) is 7.37. The fraction of sp³-hybridized carbons (Fsp3) is 0.474. The number of Topliss-reactive ketones (excluding diaryl/α,β-unsaturated/α-hetero) is 1. The second-order valence-corrected chi connectivity index (χ2v) is 7.37. The molecule has 2 heterocycles. The molecule has 0 bridgehead atoms. The first-order valence-corrected chi connectivity index (χ1v) is 9.25. The van der Waals surface area contributed by atoms with Gasteiger partial charge in [0.2, 0.25) is 5.78 Å². The van der Waals surface area contributed by atoms with E-state index < -0.39 is 0 Å². The Labute approximate surface area is 147 Å². The second kappa shape index (κ2) is 6.98. The average Bonchev–Trinajstić information content (AvgIpc) is 3.31. The van der Waals surface area contributed by atoms with E-state index in [1.54, 1.807) is 0 Å². The number of fused-ring (bicyclic) bond motifs is 1. The van der Waals surface area contributed by atoms with Crippen molar-refractivity contribution in [3.05, 3.63) is 36.0 Å². The van der Waals surface area contributed by atoms with E-state index in [1.807, 2.05) is 30.5 Å². The molecule has 4 rings (SSSR count). The molecule has 0 spiro atoms. The third kappa shape index (κ3) is 3.91. The zero-order valence-corrected chi connectivity index (χ0v) is 14.4. The fourth-order valence-electron chi connectivity index (χ4n) is 3.67. The molecular formula is C19H26N4O2+2. The Morgan fingerprint density at radius 1 is 1.04 bits per heavy atom. The van der Waals surface area contributed by atoms with E-state index in [0.717, 1.165) is 55.5 Å². The van der Waals surface area contributed by atoms with Crippen molar-refractivity contribution >= 4 is 22.6 Å². The quantitative estimate of drug-likeness (QED) is 0.478. The van der Waals surface area contributed by atoms with E-state index in [-0.39, 0.29) is 11.7 Å². The minimum Gasteiger partial charge on any atom is -0.360 e. The largest absolute Gasteiger partial charge is 0.360 e. The van der Waals surface area contributed by atoms with E-state index >= 15 is 0 Å². The standard InChI is InChI=1S/C19H24N4O2/c24-18(16-11-20-17-4-2-1-3-15(16)17)12-22-7-9-23(10-8-22)13-19(25)21-14-5-6-14/h1-4,11,14,20H,5-10,12-13H2,(H,21,25)/p+2. The van der Waals surface area contributed by atoms with Gasteiger partial charge in [0.05, 0.1) is 0 Å². The van der Waals surface area contributed by atoms with Crippen molar-refractivity contribution in [3.63, 3.8) is 0 Å². The highest BCUT2D eigenvalue weighted by atomic mass is 16.2. The lowest BCUT2D eigenvalue weighted by Gasteiger charge is -2.28. The molecule has 1 saturated carbocycles. The SMILES string of the molecule is O=C(C[NH+]1CC[NH+](CC(=O)c2c[nH]c3ccccc23)CC1)NC1CC1. The van der Waals surface area contributed by atoms with Gasteiger partial charge in [-0.2, -0.15) is 0 Å². The number of aromatic amines is 1. The summed E-state index contributed by atoms with van der Waals surface area (Å²) in [5.41, 5.74) is 1.80. The minimum atomic E-state index is 0.177. The molecule has 1 amide bonds. The summed E-state index contributed by atoms with van der Waals surface area (Å²) >= 11 is 0. The molecule has 1 aliphatic carbocycles. The highest BCUT2D eigenvalue weighted by Gasteiger charge is 2.29. The lowest BCUT2D eigenvalue weighted by Crippen LogP contribution is -3.28. The van der Waals surface area contributed by atoms with Crippen LogP contribution in [0.5, 0.6) is 0 Å². The van der Waals surface area contributed by atoms with Crippen LogP contribution in [0.4, 0.5) is 0 Å². The van der Waals surface area contributed by atoms with Crippen LogP contribution in [0.1, 0.15) is 23.2 Å². The van der Waals surface area contributed by atoms with Crippen LogP contribution < -0.4 is 15.1 Å². The average molecular weight is 342 g/mol. The van der Waals surface area contributed by atoms with Crippen LogP contribution in [-0.4, -0.2) is 62.0 Å². The van der Waals surface area contributed by atoms with Gasteiger partial charge in [-0.25, -0.2) is 0 Å². The van der Waals surface area contributed by atoms with Crippen LogP contribution in [0.15, 0.2) is 30.5 Å². The Hall–Kier alpha value is -2.18. The molecule has 1 aliphatic heterocycles. The van der Waals surface area contributed by atoms with Gasteiger partial charge in [0.1, 0.15) is 32.7 Å². The Balaban J connectivity index is 1.28. The summed E-state index contributed by atoms with van der Waals surface area (Å²) in [6, 6.07) is 8.37. The number of ketones is 1. The van der Waals surface area contributed by atoms with Gasteiger partial charge in [-0.15, -0.1) is 0 Å². The number of aromatic nitrogens is 1. The van der Waals surface area contributed by atoms with Crippen LogP contribution in [-0.2, 0) is 4.79 Å². The van der Waals surface area contributed by atoms with Crippen LogP contribution >= 0.6 is 0 Å². The Morgan fingerprint density at radius 2 is 1.72 bits per heavy atom. The smallest absolute Gasteiger partial charge is 0.275 e. The molecule has 0 atom stereocenters. The summed E-state index contributed by atoms with van der Waals surface area (Å²) in [7, 11) is 0. The number of nitrogens with one attached hydrogen (secondary N) is 4. The highest BCUT2D eigenvalue weighted by molar-refractivity contribution is 6.08. The predicted octanol–water partition coefficient (Wildman–Crippen LogP) is -1.59. The number of amides is 1. The summed E-state index contributed by atoms with van der Waals surface area (Å²) in [5, 5.41) is 4.06. The molecular weight excluding hydrogens is 316 g/mol. The van der Waals surface area contributed by atoms with Crippen LogP contribution in [0.3, 0.4) is 0 Å². The summed E-state index contributed by atoms with van der Waals surface area (Å²) in [5.74, 6) is 0.373. The summed E-state index contributed by atoms with van der Waals surface area (Å²) in [6.07, 6.45) is 4.10. The topological polar surface area (TPSA) is 70.8 Å². The summed E-state index contributed by atoms with van der Waals surface area (Å²) < 4.78 is 0. The van der Waals surface area contributed by atoms with Crippen LogP contribution in [0.25, 0.3) is 10.9 Å². The monoisotopic (exact) mass is 342 g/mol. The third-order valence-corrected chi connectivity index (χ3v) is 5.32. The van der Waals surface area contributed by atoms with Gasteiger partial charge in [0.15, 0.2) is 6.54 Å². The highest BCUT2D eigenvalue weighted by Crippen LogP contribution is 2.18. The van der Waals surface area contributed by atoms with Gasteiger partial charge >= 0.3 is 0 Å². The number of hydrogen-bond acceptors (Lipinski definition) is 2. The molecule has 25 heavy (non-hydrogen) atoms. The molecule has 0 unspecified atom stereocenters. The van der Waals surface area contributed by atoms with Gasteiger partial charge in [-0.1, -0.05) is 18.2 Å². The zero-order valence-electron chi connectivity index (χ0n) is 14.4. The Kier molecular flexibility index (Phi) is 4.55. The van der Waals surface area contributed by atoms with Crippen LogP contribution in [0, 0.1) is 0 Å². The first-order valence-electron chi connectivity index (χ1n) is 9.25. The molecule has 0 radical (unpaired) electrons. The first kappa shape index (κ1) is 16.3. The number of quaternary nitrogens is 2. The summed E-state index contributed by atoms with van der Waals surface area (Å²) in [4.78, 5) is 30.4. The molecule has 132 valence electrons. The van der Waals surface area contributed by atoms with Crippen molar-refractivity contribution < 1.29 is 19.4 Å². The van der Waals surface area contributed by atoms with E-state index in [4.69, 9.17) is 0 Å². The van der Waals surface area contributed by atoms with E-state index in [9.17, 15) is 9.59 Å². The van der Waals surface area contributed by atoms with Gasteiger partial charge in [-0.3, -0.25) is 9.59 Å². The maximum Gasteiger partial charge on any atom is 0.275 e. The molecule has 1 aromatic carbocycles. The lowest BCUT2D eigenvalue weighted by molar-refractivity contribution is -1.00. The number of rotatable bonds is 6. The molecule has 2 fully saturated rings. The zero-order chi connectivity index (χ0) is 17.2. The molecule has 6 heteroatoms.